The van der Waals surface area contributed by atoms with Crippen molar-refractivity contribution in [2.45, 2.75) is 55.2 Å². The Morgan fingerprint density at radius 2 is 1.79 bits per heavy atom. The minimum atomic E-state index is -1.45. The third kappa shape index (κ3) is 3.89. The lowest BCUT2D eigenvalue weighted by Crippen LogP contribution is -2.62. The maximum absolute atomic E-state index is 11.9. The predicted molar refractivity (Wildman–Crippen MR) is 90.5 cm³/mol. The van der Waals surface area contributed by atoms with Crippen LogP contribution in [0.25, 0.3) is 0 Å². The first-order valence-corrected chi connectivity index (χ1v) is 8.60. The van der Waals surface area contributed by atoms with E-state index in [2.05, 4.69) is 4.98 Å². The molecular formula is C15H24N4O9. The van der Waals surface area contributed by atoms with Crippen molar-refractivity contribution in [3.05, 3.63) is 22.7 Å². The molecule has 13 nitrogen and oxygen atoms in total. The zero-order valence-electron chi connectivity index (χ0n) is 14.7. The number of aliphatic hydroxyl groups excluding tert-OH is 5. The molecule has 0 bridgehead atoms. The van der Waals surface area contributed by atoms with Gasteiger partial charge in [0.05, 0.1) is 19.3 Å². The summed E-state index contributed by atoms with van der Waals surface area (Å²) in [5, 5.41) is 49.3. The van der Waals surface area contributed by atoms with Crippen molar-refractivity contribution in [2.75, 3.05) is 18.9 Å². The van der Waals surface area contributed by atoms with Gasteiger partial charge in [-0.2, -0.15) is 4.98 Å². The molecule has 0 aliphatic carbocycles. The minimum absolute atomic E-state index is 0.00298. The van der Waals surface area contributed by atoms with E-state index in [1.807, 2.05) is 0 Å². The van der Waals surface area contributed by atoms with Gasteiger partial charge in [-0.25, -0.2) is 4.79 Å². The number of aliphatic hydroxyl groups is 5. The highest BCUT2D eigenvalue weighted by Gasteiger charge is 2.47. The molecule has 9 atom stereocenters. The summed E-state index contributed by atoms with van der Waals surface area (Å²) in [6, 6.07) is 0.214. The number of nitrogens with zero attached hydrogens (tertiary/aromatic N) is 2. The molecule has 28 heavy (non-hydrogen) atoms. The Labute approximate surface area is 158 Å². The highest BCUT2D eigenvalue weighted by atomic mass is 16.7. The summed E-state index contributed by atoms with van der Waals surface area (Å²) in [4.78, 5) is 15.5. The number of rotatable bonds is 5. The SMILES string of the molecule is Nc1ccn(C2OC(CO[C@@H]3O[C@H](CO)[C@@H](O)[C@H](O)[C@H]3N)C(O)C2O)c(=O)n1. The lowest BCUT2D eigenvalue weighted by Gasteiger charge is -2.40. The first kappa shape index (κ1) is 21.0. The van der Waals surface area contributed by atoms with Crippen LogP contribution < -0.4 is 17.2 Å². The van der Waals surface area contributed by atoms with Crippen LogP contribution in [-0.4, -0.2) is 97.3 Å². The molecule has 2 saturated heterocycles. The Balaban J connectivity index is 1.66. The maximum Gasteiger partial charge on any atom is 0.351 e. The van der Waals surface area contributed by atoms with Gasteiger partial charge >= 0.3 is 5.69 Å². The van der Waals surface area contributed by atoms with Crippen LogP contribution in [0.4, 0.5) is 5.82 Å². The number of aromatic nitrogens is 2. The molecule has 0 saturated carbocycles. The van der Waals surface area contributed by atoms with Crippen molar-refractivity contribution in [2.24, 2.45) is 5.73 Å². The van der Waals surface area contributed by atoms with Gasteiger partial charge in [0.2, 0.25) is 0 Å². The molecule has 2 fully saturated rings. The van der Waals surface area contributed by atoms with Crippen molar-refractivity contribution in [3.8, 4) is 0 Å². The molecule has 4 unspecified atom stereocenters. The smallest absolute Gasteiger partial charge is 0.351 e. The number of nitrogen functional groups attached to an aromatic ring is 1. The van der Waals surface area contributed by atoms with Crippen LogP contribution in [0, 0.1) is 0 Å². The van der Waals surface area contributed by atoms with E-state index in [4.69, 9.17) is 25.7 Å². The molecule has 13 heteroatoms. The highest BCUT2D eigenvalue weighted by molar-refractivity contribution is 5.23. The summed E-state index contributed by atoms with van der Waals surface area (Å²) in [6.45, 7) is -0.883. The number of anilines is 1. The van der Waals surface area contributed by atoms with E-state index in [9.17, 15) is 30.3 Å². The topological polar surface area (TPSA) is 216 Å². The van der Waals surface area contributed by atoms with Crippen LogP contribution in [0.3, 0.4) is 0 Å². The van der Waals surface area contributed by atoms with Crippen molar-refractivity contribution in [1.29, 1.82) is 0 Å². The molecule has 0 spiro atoms. The summed E-state index contributed by atoms with van der Waals surface area (Å²) in [5.74, 6) is -0.00298. The Bertz CT molecular complexity index is 732. The van der Waals surface area contributed by atoms with Crippen molar-refractivity contribution in [1.82, 2.24) is 9.55 Å². The Kier molecular flexibility index (Phi) is 6.28. The van der Waals surface area contributed by atoms with Crippen LogP contribution >= 0.6 is 0 Å². The Morgan fingerprint density at radius 1 is 1.11 bits per heavy atom. The van der Waals surface area contributed by atoms with Gasteiger partial charge in [0.1, 0.15) is 42.4 Å². The fraction of sp³-hybridized carbons (Fsp3) is 0.733. The molecule has 2 aliphatic heterocycles. The summed E-state index contributed by atoms with van der Waals surface area (Å²) in [5.41, 5.74) is 10.4. The summed E-state index contributed by atoms with van der Waals surface area (Å²) in [6.07, 6.45) is -8.95. The number of nitrogens with two attached hydrogens (primary N) is 2. The molecule has 1 aromatic heterocycles. The third-order valence-electron chi connectivity index (χ3n) is 4.82. The summed E-state index contributed by atoms with van der Waals surface area (Å²) in [7, 11) is 0. The normalized spacial score (nSPS) is 41.3. The van der Waals surface area contributed by atoms with Crippen molar-refractivity contribution >= 4 is 5.82 Å². The van der Waals surface area contributed by atoms with E-state index in [-0.39, 0.29) is 12.4 Å². The summed E-state index contributed by atoms with van der Waals surface area (Å²) >= 11 is 0. The van der Waals surface area contributed by atoms with Gasteiger partial charge in [-0.05, 0) is 6.07 Å². The molecule has 3 rings (SSSR count). The zero-order chi connectivity index (χ0) is 20.6. The standard InChI is InChI=1S/C15H24N4O9/c16-7-1-2-19(15(25)18-7)13-12(24)10(22)6(27-13)4-26-14-8(17)11(23)9(21)5(3-20)28-14/h1-2,5-6,8-14,20-24H,3-4,17H2,(H2,16,18,25)/t5-,6?,8-,9-,10?,11-,12?,13?,14-/m1/s1. The van der Waals surface area contributed by atoms with Crippen LogP contribution in [0.5, 0.6) is 0 Å². The lowest BCUT2D eigenvalue weighted by atomic mass is 9.98. The lowest BCUT2D eigenvalue weighted by molar-refractivity contribution is -0.272. The monoisotopic (exact) mass is 404 g/mol. The molecule has 0 radical (unpaired) electrons. The predicted octanol–water partition coefficient (Wildman–Crippen LogP) is -4.77. The van der Waals surface area contributed by atoms with E-state index in [1.165, 1.54) is 12.3 Å². The van der Waals surface area contributed by atoms with Gasteiger partial charge in [-0.1, -0.05) is 0 Å². The fourth-order valence-corrected chi connectivity index (χ4v) is 3.16. The first-order chi connectivity index (χ1) is 13.2. The van der Waals surface area contributed by atoms with Crippen LogP contribution in [0.2, 0.25) is 0 Å². The Hall–Kier alpha value is -1.68. The molecule has 0 aromatic carbocycles. The fourth-order valence-electron chi connectivity index (χ4n) is 3.16. The van der Waals surface area contributed by atoms with E-state index in [0.717, 1.165) is 4.57 Å². The van der Waals surface area contributed by atoms with Gasteiger partial charge in [-0.15, -0.1) is 0 Å². The second kappa shape index (κ2) is 8.36. The molecule has 9 N–H and O–H groups in total. The molecule has 158 valence electrons. The average molecular weight is 404 g/mol. The zero-order valence-corrected chi connectivity index (χ0v) is 14.7. The first-order valence-electron chi connectivity index (χ1n) is 8.60. The van der Waals surface area contributed by atoms with Crippen LogP contribution in [-0.2, 0) is 14.2 Å². The van der Waals surface area contributed by atoms with Gasteiger partial charge in [0.25, 0.3) is 0 Å². The maximum atomic E-state index is 11.9. The second-order valence-corrected chi connectivity index (χ2v) is 6.71. The van der Waals surface area contributed by atoms with Gasteiger partial charge in [0.15, 0.2) is 12.5 Å². The molecule has 2 aliphatic rings. The molecule has 0 amide bonds. The molecule has 3 heterocycles. The third-order valence-corrected chi connectivity index (χ3v) is 4.82. The summed E-state index contributed by atoms with van der Waals surface area (Å²) < 4.78 is 17.2. The van der Waals surface area contributed by atoms with Crippen molar-refractivity contribution < 1.29 is 39.7 Å². The van der Waals surface area contributed by atoms with E-state index in [0.29, 0.717) is 0 Å². The number of ether oxygens (including phenoxy) is 3. The molecule has 1 aromatic rings. The van der Waals surface area contributed by atoms with Gasteiger partial charge < -0.3 is 51.2 Å². The number of hydrogen-bond donors (Lipinski definition) is 7. The average Bonchev–Trinajstić information content (AvgIpc) is 2.94. The molecular weight excluding hydrogens is 380 g/mol. The minimum Gasteiger partial charge on any atom is -0.394 e. The van der Waals surface area contributed by atoms with E-state index >= 15 is 0 Å². The van der Waals surface area contributed by atoms with E-state index < -0.39 is 67.5 Å². The largest absolute Gasteiger partial charge is 0.394 e. The van der Waals surface area contributed by atoms with Gasteiger partial charge in [-0.3, -0.25) is 4.57 Å². The Morgan fingerprint density at radius 3 is 2.43 bits per heavy atom. The van der Waals surface area contributed by atoms with Crippen LogP contribution in [0.15, 0.2) is 17.1 Å². The second-order valence-electron chi connectivity index (χ2n) is 6.71. The van der Waals surface area contributed by atoms with Crippen molar-refractivity contribution in [3.63, 3.8) is 0 Å². The quantitative estimate of drug-likeness (QED) is 0.246. The number of hydrogen-bond acceptors (Lipinski definition) is 12. The highest BCUT2D eigenvalue weighted by Crippen LogP contribution is 2.29. The van der Waals surface area contributed by atoms with E-state index in [1.54, 1.807) is 0 Å². The van der Waals surface area contributed by atoms with Gasteiger partial charge in [0, 0.05) is 6.20 Å². The van der Waals surface area contributed by atoms with Crippen LogP contribution in [0.1, 0.15) is 6.23 Å².